The summed E-state index contributed by atoms with van der Waals surface area (Å²) >= 11 is 0. The minimum absolute atomic E-state index is 0.125. The Labute approximate surface area is 516 Å². The monoisotopic (exact) mass is 1190 g/mol. The molecule has 6 N–H and O–H groups in total. The van der Waals surface area contributed by atoms with Gasteiger partial charge in [0.25, 0.3) is 0 Å². The Bertz CT molecular complexity index is 1550. The van der Waals surface area contributed by atoms with Crippen LogP contribution in [0.1, 0.15) is 342 Å². The van der Waals surface area contributed by atoms with Gasteiger partial charge in [0.2, 0.25) is 5.91 Å². The number of aliphatic hydroxyl groups is 5. The van der Waals surface area contributed by atoms with Crippen LogP contribution in [0.2, 0.25) is 0 Å². The van der Waals surface area contributed by atoms with E-state index in [1.807, 2.05) is 6.08 Å². The molecule has 84 heavy (non-hydrogen) atoms. The fourth-order valence-corrected chi connectivity index (χ4v) is 11.3. The van der Waals surface area contributed by atoms with Gasteiger partial charge >= 0.3 is 5.97 Å². The average molecular weight is 1190 g/mol. The van der Waals surface area contributed by atoms with Crippen molar-refractivity contribution in [1.82, 2.24) is 5.32 Å². The molecular formula is C73H135NO10. The highest BCUT2D eigenvalue weighted by molar-refractivity contribution is 5.80. The van der Waals surface area contributed by atoms with Crippen molar-refractivity contribution >= 4 is 11.9 Å². The zero-order valence-electron chi connectivity index (χ0n) is 54.8. The highest BCUT2D eigenvalue weighted by Gasteiger charge is 2.47. The van der Waals surface area contributed by atoms with E-state index in [4.69, 9.17) is 14.2 Å². The third-order valence-electron chi connectivity index (χ3n) is 17.0. The van der Waals surface area contributed by atoms with Gasteiger partial charge in [-0.05, 0) is 83.5 Å². The van der Waals surface area contributed by atoms with Gasteiger partial charge in [-0.1, -0.05) is 301 Å². The van der Waals surface area contributed by atoms with Crippen LogP contribution in [0, 0.1) is 0 Å². The van der Waals surface area contributed by atoms with Crippen LogP contribution in [-0.4, -0.2) is 99.6 Å². The summed E-state index contributed by atoms with van der Waals surface area (Å²) in [7, 11) is 0. The van der Waals surface area contributed by atoms with Gasteiger partial charge in [-0.25, -0.2) is 0 Å². The van der Waals surface area contributed by atoms with E-state index >= 15 is 0 Å². The molecule has 0 aromatic carbocycles. The van der Waals surface area contributed by atoms with Crippen molar-refractivity contribution < 1.29 is 49.3 Å². The molecule has 1 aliphatic rings. The van der Waals surface area contributed by atoms with Crippen LogP contribution in [0.5, 0.6) is 0 Å². The van der Waals surface area contributed by atoms with Gasteiger partial charge in [0, 0.05) is 6.42 Å². The van der Waals surface area contributed by atoms with E-state index in [-0.39, 0.29) is 13.0 Å². The molecular weight excluding hydrogens is 1050 g/mol. The smallest absolute Gasteiger partial charge is 0.306 e. The van der Waals surface area contributed by atoms with Crippen LogP contribution < -0.4 is 5.32 Å². The molecule has 8 unspecified atom stereocenters. The highest BCUT2D eigenvalue weighted by Crippen LogP contribution is 2.26. The van der Waals surface area contributed by atoms with Gasteiger partial charge in [-0.2, -0.15) is 0 Å². The molecule has 8 atom stereocenters. The van der Waals surface area contributed by atoms with E-state index in [0.717, 1.165) is 70.6 Å². The third-order valence-corrected chi connectivity index (χ3v) is 17.0. The molecule has 0 radical (unpaired) electrons. The molecule has 0 aliphatic carbocycles. The maximum absolute atomic E-state index is 13.5. The van der Waals surface area contributed by atoms with E-state index in [0.29, 0.717) is 19.3 Å². The molecule has 0 bridgehead atoms. The Morgan fingerprint density at radius 1 is 0.464 bits per heavy atom. The van der Waals surface area contributed by atoms with Gasteiger partial charge in [0.1, 0.15) is 24.4 Å². The minimum atomic E-state index is -1.61. The number of ether oxygens (including phenoxy) is 3. The summed E-state index contributed by atoms with van der Waals surface area (Å²) < 4.78 is 17.7. The topological polar surface area (TPSA) is 175 Å². The zero-order valence-corrected chi connectivity index (χ0v) is 54.8. The number of aliphatic hydroxyl groups excluding tert-OH is 5. The Hall–Kier alpha value is -2.38. The molecule has 0 aromatic heterocycles. The van der Waals surface area contributed by atoms with E-state index in [9.17, 15) is 35.1 Å². The number of amides is 1. The number of esters is 1. The van der Waals surface area contributed by atoms with Crippen LogP contribution in [0.15, 0.2) is 48.6 Å². The van der Waals surface area contributed by atoms with Gasteiger partial charge in [-0.3, -0.25) is 9.59 Å². The molecule has 1 fully saturated rings. The Balaban J connectivity index is 2.55. The summed E-state index contributed by atoms with van der Waals surface area (Å²) in [6.07, 6.45) is 65.8. The third kappa shape index (κ3) is 47.7. The summed E-state index contributed by atoms with van der Waals surface area (Å²) in [6, 6.07) is -1.02. The fourth-order valence-electron chi connectivity index (χ4n) is 11.3. The largest absolute Gasteiger partial charge is 0.454 e. The molecule has 1 amide bonds. The van der Waals surface area contributed by atoms with Gasteiger partial charge < -0.3 is 45.1 Å². The first kappa shape index (κ1) is 79.6. The molecule has 0 spiro atoms. The van der Waals surface area contributed by atoms with E-state index in [1.165, 1.54) is 225 Å². The van der Waals surface area contributed by atoms with Crippen LogP contribution in [0.25, 0.3) is 0 Å². The second-order valence-corrected chi connectivity index (χ2v) is 25.0. The summed E-state index contributed by atoms with van der Waals surface area (Å²) in [5.74, 6) is -1.18. The number of unbranched alkanes of at least 4 members (excludes halogenated alkanes) is 42. The lowest BCUT2D eigenvalue weighted by molar-refractivity contribution is -0.305. The SMILES string of the molecule is CCCCC/C=C\C/C=C\CCCCCCCCCCCCCCCCCC(=O)OC1C(OCC(NC(=O)C(O)CCCCCCCCCC/C=C/CCCCCCCC)C(O)/C=C/CCCCCCCCCCCC)OC(CO)C(O)C1O. The van der Waals surface area contributed by atoms with E-state index < -0.39 is 67.4 Å². The highest BCUT2D eigenvalue weighted by atomic mass is 16.7. The molecule has 11 heteroatoms. The molecule has 1 aliphatic heterocycles. The molecule has 0 saturated carbocycles. The maximum Gasteiger partial charge on any atom is 0.306 e. The van der Waals surface area contributed by atoms with Crippen molar-refractivity contribution in [3.05, 3.63) is 48.6 Å². The van der Waals surface area contributed by atoms with E-state index in [1.54, 1.807) is 6.08 Å². The number of nitrogens with one attached hydrogen (secondary N) is 1. The van der Waals surface area contributed by atoms with Crippen LogP contribution in [-0.2, 0) is 23.8 Å². The Kier molecular flexibility index (Phi) is 57.7. The maximum atomic E-state index is 13.5. The molecule has 1 heterocycles. The van der Waals surface area contributed by atoms with E-state index in [2.05, 4.69) is 62.5 Å². The van der Waals surface area contributed by atoms with Crippen molar-refractivity contribution in [3.63, 3.8) is 0 Å². The lowest BCUT2D eigenvalue weighted by Gasteiger charge is -2.41. The molecule has 1 saturated heterocycles. The second-order valence-electron chi connectivity index (χ2n) is 25.0. The van der Waals surface area contributed by atoms with Crippen molar-refractivity contribution in [2.24, 2.45) is 0 Å². The standard InChI is InChI=1S/C73H135NO10/c1-4-7-10-13-16-19-22-25-27-29-31-32-33-34-35-36-37-39-41-43-46-49-52-55-58-61-68(78)84-71-70(80)69(79)67(62-75)83-73(71)82-63-64(65(76)59-56-53-50-47-44-24-21-18-15-12-9-6-3)74-72(81)66(77)60-57-54-51-48-45-42-40-38-30-28-26-23-20-17-14-11-8-5-2/h16,19,25-28,56,59,64-67,69-71,73,75-77,79-80H,4-15,17-18,20-24,29-55,57-58,60-63H2,1-3H3,(H,74,81)/b19-16-,27-25-,28-26+,59-56+. The molecule has 492 valence electrons. The normalized spacial score (nSPS) is 18.7. The van der Waals surface area contributed by atoms with Crippen LogP contribution >= 0.6 is 0 Å². The van der Waals surface area contributed by atoms with Crippen molar-refractivity contribution in [3.8, 4) is 0 Å². The summed E-state index contributed by atoms with van der Waals surface area (Å²) in [5, 5.41) is 57.2. The number of rotatable bonds is 62. The van der Waals surface area contributed by atoms with Crippen molar-refractivity contribution in [1.29, 1.82) is 0 Å². The number of carbonyl (C=O) groups excluding carboxylic acids is 2. The summed E-state index contributed by atoms with van der Waals surface area (Å²) in [5.41, 5.74) is 0. The lowest BCUT2D eigenvalue weighted by Crippen LogP contribution is -2.61. The fraction of sp³-hybridized carbons (Fsp3) is 0.863. The predicted octanol–water partition coefficient (Wildman–Crippen LogP) is 18.3. The zero-order chi connectivity index (χ0) is 61.0. The predicted molar refractivity (Wildman–Crippen MR) is 352 cm³/mol. The number of hydrogen-bond acceptors (Lipinski definition) is 10. The Morgan fingerprint density at radius 3 is 1.25 bits per heavy atom. The summed E-state index contributed by atoms with van der Waals surface area (Å²) in [4.78, 5) is 26.7. The van der Waals surface area contributed by atoms with Gasteiger partial charge in [0.05, 0.1) is 25.4 Å². The Morgan fingerprint density at radius 2 is 0.821 bits per heavy atom. The summed E-state index contributed by atoms with van der Waals surface area (Å²) in [6.45, 7) is 5.80. The molecule has 1 rings (SSSR count). The number of hydrogen-bond donors (Lipinski definition) is 6. The first-order chi connectivity index (χ1) is 41.2. The quantitative estimate of drug-likeness (QED) is 0.0195. The van der Waals surface area contributed by atoms with Gasteiger partial charge in [-0.15, -0.1) is 0 Å². The minimum Gasteiger partial charge on any atom is -0.454 e. The lowest BCUT2D eigenvalue weighted by atomic mass is 9.99. The first-order valence-corrected chi connectivity index (χ1v) is 35.9. The molecule has 0 aromatic rings. The van der Waals surface area contributed by atoms with Crippen LogP contribution in [0.3, 0.4) is 0 Å². The number of allylic oxidation sites excluding steroid dienone is 7. The molecule has 11 nitrogen and oxygen atoms in total. The second kappa shape index (κ2) is 60.9. The number of carbonyl (C=O) groups is 2. The van der Waals surface area contributed by atoms with Crippen LogP contribution in [0.4, 0.5) is 0 Å². The van der Waals surface area contributed by atoms with Crippen molar-refractivity contribution in [2.75, 3.05) is 13.2 Å². The first-order valence-electron chi connectivity index (χ1n) is 35.9. The van der Waals surface area contributed by atoms with Gasteiger partial charge in [0.15, 0.2) is 12.4 Å². The van der Waals surface area contributed by atoms with Crippen molar-refractivity contribution in [2.45, 2.75) is 391 Å². The average Bonchev–Trinajstić information content (AvgIpc) is 3.69.